The lowest BCUT2D eigenvalue weighted by Crippen LogP contribution is -2.58. The quantitative estimate of drug-likeness (QED) is 0.800. The molecular weight excluding hydrogens is 349 g/mol. The summed E-state index contributed by atoms with van der Waals surface area (Å²) in [6.07, 6.45) is 4.73. The van der Waals surface area contributed by atoms with E-state index in [4.69, 9.17) is 11.5 Å². The monoisotopic (exact) mass is 367 g/mol. The standard InChI is InChI=1S/C15H19BrFN5/c1-9-7-10(16)8-11(12(9)17)22-14(19)20-13(18)21-15(22)5-3-2-4-6-15/h7-8H,2-6H2,1H3,(H4,18,19,20,21). The smallest absolute Gasteiger partial charge is 0.220 e. The molecule has 22 heavy (non-hydrogen) atoms. The van der Waals surface area contributed by atoms with E-state index in [9.17, 15) is 4.39 Å². The Morgan fingerprint density at radius 2 is 1.91 bits per heavy atom. The predicted octanol–water partition coefficient (Wildman–Crippen LogP) is 3.01. The molecule has 0 radical (unpaired) electrons. The first-order valence-electron chi connectivity index (χ1n) is 7.38. The Morgan fingerprint density at radius 1 is 1.23 bits per heavy atom. The Morgan fingerprint density at radius 3 is 2.59 bits per heavy atom. The minimum absolute atomic E-state index is 0.169. The molecule has 0 atom stereocenters. The molecule has 1 fully saturated rings. The number of aryl methyl sites for hydroxylation is 1. The Bertz CT molecular complexity index is 664. The van der Waals surface area contributed by atoms with Gasteiger partial charge in [-0.25, -0.2) is 9.38 Å². The van der Waals surface area contributed by atoms with Crippen LogP contribution in [-0.2, 0) is 0 Å². The zero-order valence-corrected chi connectivity index (χ0v) is 14.0. The summed E-state index contributed by atoms with van der Waals surface area (Å²) < 4.78 is 15.5. The van der Waals surface area contributed by atoms with Crippen molar-refractivity contribution in [2.24, 2.45) is 21.5 Å². The molecule has 1 aliphatic carbocycles. The molecule has 5 nitrogen and oxygen atoms in total. The maximum atomic E-state index is 14.7. The van der Waals surface area contributed by atoms with Gasteiger partial charge in [-0.2, -0.15) is 4.99 Å². The van der Waals surface area contributed by atoms with Gasteiger partial charge in [-0.1, -0.05) is 22.4 Å². The molecule has 118 valence electrons. The largest absolute Gasteiger partial charge is 0.369 e. The van der Waals surface area contributed by atoms with Crippen LogP contribution in [-0.4, -0.2) is 17.6 Å². The molecule has 0 unspecified atom stereocenters. The van der Waals surface area contributed by atoms with Crippen LogP contribution >= 0.6 is 15.9 Å². The van der Waals surface area contributed by atoms with Crippen molar-refractivity contribution < 1.29 is 4.39 Å². The fourth-order valence-corrected chi connectivity index (χ4v) is 3.90. The summed E-state index contributed by atoms with van der Waals surface area (Å²) in [7, 11) is 0. The van der Waals surface area contributed by atoms with Gasteiger partial charge in [0.25, 0.3) is 0 Å². The summed E-state index contributed by atoms with van der Waals surface area (Å²) in [5.41, 5.74) is 12.2. The number of guanidine groups is 2. The van der Waals surface area contributed by atoms with Crippen molar-refractivity contribution in [1.82, 2.24) is 0 Å². The van der Waals surface area contributed by atoms with Gasteiger partial charge in [0.15, 0.2) is 0 Å². The minimum atomic E-state index is -0.623. The zero-order valence-electron chi connectivity index (χ0n) is 12.4. The highest BCUT2D eigenvalue weighted by atomic mass is 79.9. The van der Waals surface area contributed by atoms with Crippen molar-refractivity contribution in [3.05, 3.63) is 28.0 Å². The lowest BCUT2D eigenvalue weighted by molar-refractivity contribution is 0.304. The van der Waals surface area contributed by atoms with Crippen LogP contribution in [0.1, 0.15) is 37.7 Å². The Hall–Kier alpha value is -1.63. The van der Waals surface area contributed by atoms with Crippen molar-refractivity contribution in [3.63, 3.8) is 0 Å². The highest BCUT2D eigenvalue weighted by Gasteiger charge is 2.43. The number of hydrogen-bond acceptors (Lipinski definition) is 5. The number of hydrogen-bond donors (Lipinski definition) is 2. The summed E-state index contributed by atoms with van der Waals surface area (Å²) in [5, 5.41) is 0. The van der Waals surface area contributed by atoms with Crippen molar-refractivity contribution in [1.29, 1.82) is 0 Å². The third-order valence-corrected chi connectivity index (χ3v) is 4.75. The van der Waals surface area contributed by atoms with E-state index in [0.717, 1.165) is 36.6 Å². The van der Waals surface area contributed by atoms with Crippen molar-refractivity contribution >= 4 is 33.5 Å². The first-order chi connectivity index (χ1) is 10.4. The summed E-state index contributed by atoms with van der Waals surface area (Å²) in [6.45, 7) is 1.73. The minimum Gasteiger partial charge on any atom is -0.369 e. The van der Waals surface area contributed by atoms with Gasteiger partial charge in [0.1, 0.15) is 11.5 Å². The molecule has 1 aliphatic heterocycles. The van der Waals surface area contributed by atoms with E-state index in [0.29, 0.717) is 11.3 Å². The number of nitrogens with two attached hydrogens (primary N) is 2. The van der Waals surface area contributed by atoms with E-state index in [1.165, 1.54) is 0 Å². The van der Waals surface area contributed by atoms with Gasteiger partial charge in [-0.3, -0.25) is 4.90 Å². The molecule has 0 aromatic heterocycles. The molecule has 2 aliphatic rings. The number of aliphatic imine (C=N–C) groups is 2. The van der Waals surface area contributed by atoms with Crippen molar-refractivity contribution in [2.75, 3.05) is 4.90 Å². The molecule has 3 rings (SSSR count). The molecule has 1 aromatic rings. The highest BCUT2D eigenvalue weighted by Crippen LogP contribution is 2.41. The number of nitrogens with zero attached hydrogens (tertiary/aromatic N) is 3. The third kappa shape index (κ3) is 2.47. The second kappa shape index (κ2) is 5.53. The maximum Gasteiger partial charge on any atom is 0.220 e. The van der Waals surface area contributed by atoms with Gasteiger partial charge in [-0.05, 0) is 50.3 Å². The molecule has 0 saturated heterocycles. The average Bonchev–Trinajstić information content (AvgIpc) is 2.44. The molecule has 0 amide bonds. The molecular formula is C15H19BrFN5. The lowest BCUT2D eigenvalue weighted by Gasteiger charge is -2.45. The summed E-state index contributed by atoms with van der Waals surface area (Å²) >= 11 is 3.42. The van der Waals surface area contributed by atoms with Gasteiger partial charge in [-0.15, -0.1) is 0 Å². The van der Waals surface area contributed by atoms with E-state index >= 15 is 0 Å². The van der Waals surface area contributed by atoms with Gasteiger partial charge >= 0.3 is 0 Å². The number of benzene rings is 1. The van der Waals surface area contributed by atoms with Gasteiger partial charge in [0.2, 0.25) is 11.9 Å². The van der Waals surface area contributed by atoms with Crippen LogP contribution in [0.3, 0.4) is 0 Å². The lowest BCUT2D eigenvalue weighted by atomic mass is 9.87. The number of rotatable bonds is 1. The summed E-state index contributed by atoms with van der Waals surface area (Å²) in [6, 6.07) is 3.46. The summed E-state index contributed by atoms with van der Waals surface area (Å²) in [4.78, 5) is 10.3. The highest BCUT2D eigenvalue weighted by molar-refractivity contribution is 9.10. The van der Waals surface area contributed by atoms with Crippen LogP contribution < -0.4 is 16.4 Å². The van der Waals surface area contributed by atoms with Crippen molar-refractivity contribution in [2.45, 2.75) is 44.7 Å². The predicted molar refractivity (Wildman–Crippen MR) is 90.4 cm³/mol. The van der Waals surface area contributed by atoms with Crippen LogP contribution in [0.15, 0.2) is 26.6 Å². The fourth-order valence-electron chi connectivity index (χ4n) is 3.34. The second-order valence-electron chi connectivity index (χ2n) is 5.87. The first-order valence-corrected chi connectivity index (χ1v) is 8.18. The third-order valence-electron chi connectivity index (χ3n) is 4.29. The molecule has 1 heterocycles. The van der Waals surface area contributed by atoms with Crippen LogP contribution in [0.25, 0.3) is 0 Å². The molecule has 4 N–H and O–H groups in total. The zero-order chi connectivity index (χ0) is 15.9. The second-order valence-corrected chi connectivity index (χ2v) is 6.79. The van der Waals surface area contributed by atoms with Crippen LogP contribution in [0.5, 0.6) is 0 Å². The van der Waals surface area contributed by atoms with Gasteiger partial charge in [0.05, 0.1) is 5.69 Å². The first kappa shape index (κ1) is 15.3. The van der Waals surface area contributed by atoms with Crippen LogP contribution in [0.4, 0.5) is 10.1 Å². The number of halogens is 2. The van der Waals surface area contributed by atoms with E-state index in [1.807, 2.05) is 0 Å². The Kier molecular flexibility index (Phi) is 3.84. The Labute approximate surface area is 137 Å². The van der Waals surface area contributed by atoms with E-state index in [2.05, 4.69) is 25.9 Å². The molecule has 1 aromatic carbocycles. The van der Waals surface area contributed by atoms with E-state index < -0.39 is 5.66 Å². The van der Waals surface area contributed by atoms with E-state index in [-0.39, 0.29) is 17.7 Å². The molecule has 1 saturated carbocycles. The van der Waals surface area contributed by atoms with Crippen LogP contribution in [0.2, 0.25) is 0 Å². The fraction of sp³-hybridized carbons (Fsp3) is 0.467. The number of anilines is 1. The molecule has 7 heteroatoms. The SMILES string of the molecule is Cc1cc(Br)cc(N2C(N)=NC(N)=NC23CCCCC3)c1F. The van der Waals surface area contributed by atoms with Gasteiger partial charge in [0, 0.05) is 4.47 Å². The van der Waals surface area contributed by atoms with Crippen molar-refractivity contribution in [3.8, 4) is 0 Å². The van der Waals surface area contributed by atoms with Crippen LogP contribution in [0, 0.1) is 12.7 Å². The average molecular weight is 368 g/mol. The molecule has 0 bridgehead atoms. The maximum absolute atomic E-state index is 14.7. The van der Waals surface area contributed by atoms with Gasteiger partial charge < -0.3 is 11.5 Å². The normalized spacial score (nSPS) is 20.8. The Balaban J connectivity index is 2.16. The molecule has 1 spiro atoms. The van der Waals surface area contributed by atoms with E-state index in [1.54, 1.807) is 24.0 Å². The topological polar surface area (TPSA) is 80.0 Å². The summed E-state index contributed by atoms with van der Waals surface area (Å²) in [5.74, 6) is 0.0653.